The lowest BCUT2D eigenvalue weighted by atomic mass is 9.92. The topological polar surface area (TPSA) is 79.3 Å². The molecule has 34 heavy (non-hydrogen) atoms. The standard InChI is InChI=1S/C27H35N5O2/c1-7-15-31(26(34)28-21-13-10-11-19(2)16-21)18-25(33)29-24-17-23(27(4,5)6)30-32(24)22-14-9-8-12-20(22)3/h8-14,16-17H,7,15,18H2,1-6H3,(H,28,34)(H,29,33). The molecule has 0 atom stereocenters. The summed E-state index contributed by atoms with van der Waals surface area (Å²) in [7, 11) is 0. The lowest BCUT2D eigenvalue weighted by molar-refractivity contribution is -0.116. The molecule has 1 heterocycles. The van der Waals surface area contributed by atoms with Gasteiger partial charge in [-0.1, -0.05) is 58.0 Å². The zero-order valence-corrected chi connectivity index (χ0v) is 21.0. The molecule has 0 fully saturated rings. The second-order valence-electron chi connectivity index (χ2n) is 9.63. The fourth-order valence-corrected chi connectivity index (χ4v) is 3.62. The van der Waals surface area contributed by atoms with Gasteiger partial charge in [0.05, 0.1) is 11.4 Å². The second-order valence-corrected chi connectivity index (χ2v) is 9.63. The number of carbonyl (C=O) groups is 2. The summed E-state index contributed by atoms with van der Waals surface area (Å²) >= 11 is 0. The Labute approximate surface area is 202 Å². The van der Waals surface area contributed by atoms with Gasteiger partial charge in [-0.15, -0.1) is 0 Å². The molecule has 7 nitrogen and oxygen atoms in total. The first-order valence-corrected chi connectivity index (χ1v) is 11.7. The van der Waals surface area contributed by atoms with E-state index in [0.717, 1.165) is 28.9 Å². The monoisotopic (exact) mass is 461 g/mol. The van der Waals surface area contributed by atoms with Crippen molar-refractivity contribution in [3.63, 3.8) is 0 Å². The summed E-state index contributed by atoms with van der Waals surface area (Å²) in [5.41, 5.74) is 4.39. The first kappa shape index (κ1) is 25.0. The van der Waals surface area contributed by atoms with Crippen LogP contribution < -0.4 is 10.6 Å². The van der Waals surface area contributed by atoms with E-state index in [9.17, 15) is 9.59 Å². The minimum Gasteiger partial charge on any atom is -0.315 e. The van der Waals surface area contributed by atoms with Crippen molar-refractivity contribution < 1.29 is 9.59 Å². The SMILES string of the molecule is CCCN(CC(=O)Nc1cc(C(C)(C)C)nn1-c1ccccc1C)C(=O)Nc1cccc(C)c1. The van der Waals surface area contributed by atoms with E-state index in [1.807, 2.05) is 75.4 Å². The molecule has 2 aromatic carbocycles. The second kappa shape index (κ2) is 10.5. The summed E-state index contributed by atoms with van der Waals surface area (Å²) in [4.78, 5) is 27.5. The summed E-state index contributed by atoms with van der Waals surface area (Å²) in [6.07, 6.45) is 0.740. The van der Waals surface area contributed by atoms with Crippen LogP contribution in [0.5, 0.6) is 0 Å². The Kier molecular flexibility index (Phi) is 7.76. The number of carbonyl (C=O) groups excluding carboxylic acids is 2. The molecule has 0 aliphatic rings. The van der Waals surface area contributed by atoms with E-state index in [1.165, 1.54) is 4.90 Å². The molecule has 2 N–H and O–H groups in total. The first-order chi connectivity index (χ1) is 16.1. The number of aryl methyl sites for hydroxylation is 2. The maximum Gasteiger partial charge on any atom is 0.322 e. The van der Waals surface area contributed by atoms with E-state index >= 15 is 0 Å². The lowest BCUT2D eigenvalue weighted by Crippen LogP contribution is -2.41. The van der Waals surface area contributed by atoms with Gasteiger partial charge in [-0.3, -0.25) is 4.79 Å². The van der Waals surface area contributed by atoms with Crippen LogP contribution in [-0.4, -0.2) is 39.7 Å². The van der Waals surface area contributed by atoms with Crippen LogP contribution in [0.4, 0.5) is 16.3 Å². The number of nitrogens with zero attached hydrogens (tertiary/aromatic N) is 3. The number of anilines is 2. The van der Waals surface area contributed by atoms with Gasteiger partial charge in [-0.05, 0) is 49.6 Å². The summed E-state index contributed by atoms with van der Waals surface area (Å²) < 4.78 is 1.77. The third kappa shape index (κ3) is 6.25. The zero-order chi connectivity index (χ0) is 24.9. The van der Waals surface area contributed by atoms with Gasteiger partial charge in [-0.2, -0.15) is 5.10 Å². The van der Waals surface area contributed by atoms with Gasteiger partial charge in [0.1, 0.15) is 12.4 Å². The Hall–Kier alpha value is -3.61. The van der Waals surface area contributed by atoms with E-state index in [1.54, 1.807) is 4.68 Å². The molecule has 0 bridgehead atoms. The van der Waals surface area contributed by atoms with Gasteiger partial charge >= 0.3 is 6.03 Å². The molecule has 3 aromatic rings. The van der Waals surface area contributed by atoms with Crippen LogP contribution in [0.1, 0.15) is 50.9 Å². The average Bonchev–Trinajstić information content (AvgIpc) is 3.17. The predicted octanol–water partition coefficient (Wildman–Crippen LogP) is 5.67. The Bertz CT molecular complexity index is 1160. The zero-order valence-electron chi connectivity index (χ0n) is 21.0. The maximum atomic E-state index is 13.1. The van der Waals surface area contributed by atoms with Gasteiger partial charge in [0.25, 0.3) is 0 Å². The summed E-state index contributed by atoms with van der Waals surface area (Å²) in [5.74, 6) is 0.308. The number of benzene rings is 2. The minimum absolute atomic E-state index is 0.0602. The molecule has 0 spiro atoms. The number of amides is 3. The molecular formula is C27H35N5O2. The number of para-hydroxylation sites is 1. The highest BCUT2D eigenvalue weighted by atomic mass is 16.2. The van der Waals surface area contributed by atoms with Gasteiger partial charge in [-0.25, -0.2) is 9.48 Å². The molecule has 0 saturated carbocycles. The molecule has 0 unspecified atom stereocenters. The number of rotatable bonds is 7. The lowest BCUT2D eigenvalue weighted by Gasteiger charge is -2.22. The molecule has 1 aromatic heterocycles. The number of hydrogen-bond donors (Lipinski definition) is 2. The van der Waals surface area contributed by atoms with Crippen LogP contribution in [0.15, 0.2) is 54.6 Å². The third-order valence-electron chi connectivity index (χ3n) is 5.47. The van der Waals surface area contributed by atoms with Crippen molar-refractivity contribution in [3.05, 3.63) is 71.4 Å². The van der Waals surface area contributed by atoms with Crippen LogP contribution in [0.25, 0.3) is 5.69 Å². The van der Waals surface area contributed by atoms with Crippen molar-refractivity contribution in [1.29, 1.82) is 0 Å². The number of hydrogen-bond acceptors (Lipinski definition) is 3. The average molecular weight is 462 g/mol. The van der Waals surface area contributed by atoms with Crippen molar-refractivity contribution in [2.45, 2.75) is 53.4 Å². The highest BCUT2D eigenvalue weighted by molar-refractivity contribution is 5.96. The summed E-state index contributed by atoms with van der Waals surface area (Å²) in [6, 6.07) is 17.1. The van der Waals surface area contributed by atoms with Crippen molar-refractivity contribution in [2.75, 3.05) is 23.7 Å². The number of aromatic nitrogens is 2. The Morgan fingerprint density at radius 3 is 2.38 bits per heavy atom. The number of urea groups is 1. The smallest absolute Gasteiger partial charge is 0.315 e. The van der Waals surface area contributed by atoms with E-state index in [2.05, 4.69) is 31.4 Å². The summed E-state index contributed by atoms with van der Waals surface area (Å²) in [6.45, 7) is 12.6. The highest BCUT2D eigenvalue weighted by Gasteiger charge is 2.23. The van der Waals surface area contributed by atoms with E-state index in [-0.39, 0.29) is 23.9 Å². The molecule has 180 valence electrons. The molecule has 0 radical (unpaired) electrons. The van der Waals surface area contributed by atoms with E-state index in [0.29, 0.717) is 18.1 Å². The van der Waals surface area contributed by atoms with Crippen molar-refractivity contribution in [2.24, 2.45) is 0 Å². The third-order valence-corrected chi connectivity index (χ3v) is 5.47. The normalized spacial score (nSPS) is 11.2. The Morgan fingerprint density at radius 1 is 1.00 bits per heavy atom. The van der Waals surface area contributed by atoms with Crippen molar-refractivity contribution >= 4 is 23.4 Å². The molecule has 0 saturated heterocycles. The quantitative estimate of drug-likeness (QED) is 0.476. The van der Waals surface area contributed by atoms with Crippen molar-refractivity contribution in [3.8, 4) is 5.69 Å². The fourth-order valence-electron chi connectivity index (χ4n) is 3.62. The van der Waals surface area contributed by atoms with Crippen molar-refractivity contribution in [1.82, 2.24) is 14.7 Å². The van der Waals surface area contributed by atoms with E-state index in [4.69, 9.17) is 5.10 Å². The van der Waals surface area contributed by atoms with Crippen LogP contribution in [0, 0.1) is 13.8 Å². The molecule has 0 aliphatic heterocycles. The fraction of sp³-hybridized carbons (Fsp3) is 0.370. The molecular weight excluding hydrogens is 426 g/mol. The van der Waals surface area contributed by atoms with Gasteiger partial charge in [0.2, 0.25) is 5.91 Å². The van der Waals surface area contributed by atoms with Gasteiger partial charge < -0.3 is 15.5 Å². The molecule has 7 heteroatoms. The predicted molar refractivity (Wildman–Crippen MR) is 138 cm³/mol. The Morgan fingerprint density at radius 2 is 1.74 bits per heavy atom. The van der Waals surface area contributed by atoms with Crippen LogP contribution in [0.2, 0.25) is 0 Å². The van der Waals surface area contributed by atoms with Crippen LogP contribution in [-0.2, 0) is 10.2 Å². The molecule has 0 aliphatic carbocycles. The maximum absolute atomic E-state index is 13.1. The largest absolute Gasteiger partial charge is 0.322 e. The summed E-state index contributed by atoms with van der Waals surface area (Å²) in [5, 5.41) is 10.7. The first-order valence-electron chi connectivity index (χ1n) is 11.7. The number of nitrogens with one attached hydrogen (secondary N) is 2. The molecule has 3 rings (SSSR count). The highest BCUT2D eigenvalue weighted by Crippen LogP contribution is 2.27. The Balaban J connectivity index is 1.81. The molecule has 3 amide bonds. The van der Waals surface area contributed by atoms with E-state index < -0.39 is 0 Å². The van der Waals surface area contributed by atoms with Gasteiger partial charge in [0, 0.05) is 23.7 Å². The minimum atomic E-state index is -0.301. The van der Waals surface area contributed by atoms with Crippen LogP contribution >= 0.6 is 0 Å². The van der Waals surface area contributed by atoms with Crippen LogP contribution in [0.3, 0.4) is 0 Å². The van der Waals surface area contributed by atoms with Gasteiger partial charge in [0.15, 0.2) is 0 Å².